The summed E-state index contributed by atoms with van der Waals surface area (Å²) < 4.78 is 0. The average molecular weight is 254 g/mol. The minimum atomic E-state index is 0.211. The van der Waals surface area contributed by atoms with Crippen molar-refractivity contribution in [3.8, 4) is 0 Å². The van der Waals surface area contributed by atoms with Crippen LogP contribution in [0.3, 0.4) is 0 Å². The molecule has 3 N–H and O–H groups in total. The van der Waals surface area contributed by atoms with E-state index in [0.29, 0.717) is 11.8 Å². The van der Waals surface area contributed by atoms with Crippen LogP contribution in [0.2, 0.25) is 0 Å². The fourth-order valence-corrected chi connectivity index (χ4v) is 3.04. The Hall–Kier alpha value is -0.570. The summed E-state index contributed by atoms with van der Waals surface area (Å²) in [6.07, 6.45) is 8.05. The highest BCUT2D eigenvalue weighted by molar-refractivity contribution is 5.78. The molecule has 1 rings (SSSR count). The van der Waals surface area contributed by atoms with E-state index in [0.717, 1.165) is 32.4 Å². The van der Waals surface area contributed by atoms with Gasteiger partial charge in [0.15, 0.2) is 0 Å². The Bertz CT molecular complexity index is 243. The lowest BCUT2D eigenvalue weighted by Gasteiger charge is -2.20. The van der Waals surface area contributed by atoms with E-state index in [4.69, 9.17) is 5.73 Å². The van der Waals surface area contributed by atoms with Gasteiger partial charge in [0.1, 0.15) is 0 Å². The van der Waals surface area contributed by atoms with Crippen molar-refractivity contribution in [1.82, 2.24) is 5.32 Å². The highest BCUT2D eigenvalue weighted by Crippen LogP contribution is 2.30. The molecule has 0 saturated heterocycles. The number of carbonyl (C=O) groups excluding carboxylic acids is 1. The molecule has 3 nitrogen and oxygen atoms in total. The second kappa shape index (κ2) is 8.52. The summed E-state index contributed by atoms with van der Waals surface area (Å²) in [6.45, 7) is 5.89. The number of amides is 1. The lowest BCUT2D eigenvalue weighted by atomic mass is 9.95. The van der Waals surface area contributed by atoms with Gasteiger partial charge in [-0.25, -0.2) is 0 Å². The van der Waals surface area contributed by atoms with Crippen molar-refractivity contribution in [2.75, 3.05) is 13.1 Å². The molecule has 1 aliphatic rings. The molecule has 0 aromatic carbocycles. The Kier molecular flexibility index (Phi) is 7.33. The Balaban J connectivity index is 2.30. The van der Waals surface area contributed by atoms with Crippen LogP contribution in [0.1, 0.15) is 58.8 Å². The van der Waals surface area contributed by atoms with Crippen molar-refractivity contribution >= 4 is 5.91 Å². The molecule has 18 heavy (non-hydrogen) atoms. The summed E-state index contributed by atoms with van der Waals surface area (Å²) in [5.41, 5.74) is 5.77. The molecule has 3 unspecified atom stereocenters. The van der Waals surface area contributed by atoms with E-state index in [2.05, 4.69) is 19.2 Å². The SMILES string of the molecule is CCCCC(CC)C(=O)NCC1CCCC1CN. The maximum Gasteiger partial charge on any atom is 0.223 e. The first-order chi connectivity index (χ1) is 8.72. The molecule has 106 valence electrons. The number of hydrogen-bond donors (Lipinski definition) is 2. The van der Waals surface area contributed by atoms with Crippen LogP contribution in [-0.2, 0) is 4.79 Å². The van der Waals surface area contributed by atoms with Gasteiger partial charge in [-0.15, -0.1) is 0 Å². The third-order valence-corrected chi connectivity index (χ3v) is 4.43. The summed E-state index contributed by atoms with van der Waals surface area (Å²) in [5, 5.41) is 3.15. The predicted molar refractivity (Wildman–Crippen MR) is 76.2 cm³/mol. The summed E-state index contributed by atoms with van der Waals surface area (Å²) in [7, 11) is 0. The first kappa shape index (κ1) is 15.5. The second-order valence-corrected chi connectivity index (χ2v) is 5.68. The smallest absolute Gasteiger partial charge is 0.223 e. The molecule has 0 heterocycles. The van der Waals surface area contributed by atoms with Gasteiger partial charge in [-0.3, -0.25) is 4.79 Å². The Morgan fingerprint density at radius 1 is 1.33 bits per heavy atom. The van der Waals surface area contributed by atoms with E-state index in [1.165, 1.54) is 25.7 Å². The summed E-state index contributed by atoms with van der Waals surface area (Å²) >= 11 is 0. The highest BCUT2D eigenvalue weighted by atomic mass is 16.1. The largest absolute Gasteiger partial charge is 0.356 e. The van der Waals surface area contributed by atoms with Gasteiger partial charge in [-0.05, 0) is 44.1 Å². The molecule has 0 aromatic heterocycles. The van der Waals surface area contributed by atoms with Crippen LogP contribution < -0.4 is 11.1 Å². The van der Waals surface area contributed by atoms with Gasteiger partial charge >= 0.3 is 0 Å². The number of nitrogens with one attached hydrogen (secondary N) is 1. The number of unbranched alkanes of at least 4 members (excludes halogenated alkanes) is 1. The molecule has 3 heteroatoms. The zero-order chi connectivity index (χ0) is 13.4. The molecular formula is C15H30N2O. The quantitative estimate of drug-likeness (QED) is 0.699. The molecule has 1 amide bonds. The van der Waals surface area contributed by atoms with Gasteiger partial charge in [0.2, 0.25) is 5.91 Å². The fourth-order valence-electron chi connectivity index (χ4n) is 3.04. The maximum atomic E-state index is 12.1. The minimum absolute atomic E-state index is 0.211. The molecule has 1 fully saturated rings. The van der Waals surface area contributed by atoms with E-state index in [-0.39, 0.29) is 11.8 Å². The first-order valence-corrected chi connectivity index (χ1v) is 7.70. The normalized spacial score (nSPS) is 25.1. The Labute approximate surface area is 112 Å². The van der Waals surface area contributed by atoms with Gasteiger partial charge in [0.05, 0.1) is 0 Å². The molecule has 0 radical (unpaired) electrons. The Morgan fingerprint density at radius 3 is 2.67 bits per heavy atom. The summed E-state index contributed by atoms with van der Waals surface area (Å²) in [4.78, 5) is 12.1. The topological polar surface area (TPSA) is 55.1 Å². The molecule has 1 aliphatic carbocycles. The minimum Gasteiger partial charge on any atom is -0.356 e. The van der Waals surface area contributed by atoms with Crippen molar-refractivity contribution < 1.29 is 4.79 Å². The lowest BCUT2D eigenvalue weighted by molar-refractivity contribution is -0.125. The molecule has 0 spiro atoms. The number of hydrogen-bond acceptors (Lipinski definition) is 2. The van der Waals surface area contributed by atoms with Gasteiger partial charge in [0, 0.05) is 12.5 Å². The van der Waals surface area contributed by atoms with Crippen LogP contribution in [0.4, 0.5) is 0 Å². The third-order valence-electron chi connectivity index (χ3n) is 4.43. The van der Waals surface area contributed by atoms with E-state index >= 15 is 0 Å². The fraction of sp³-hybridized carbons (Fsp3) is 0.933. The monoisotopic (exact) mass is 254 g/mol. The highest BCUT2D eigenvalue weighted by Gasteiger charge is 2.26. The lowest BCUT2D eigenvalue weighted by Crippen LogP contribution is -2.36. The number of nitrogens with two attached hydrogens (primary N) is 1. The zero-order valence-electron chi connectivity index (χ0n) is 12.1. The van der Waals surface area contributed by atoms with E-state index in [9.17, 15) is 4.79 Å². The van der Waals surface area contributed by atoms with Crippen molar-refractivity contribution in [3.05, 3.63) is 0 Å². The van der Waals surface area contributed by atoms with Crippen LogP contribution in [0.25, 0.3) is 0 Å². The van der Waals surface area contributed by atoms with Crippen molar-refractivity contribution in [3.63, 3.8) is 0 Å². The van der Waals surface area contributed by atoms with Gasteiger partial charge < -0.3 is 11.1 Å². The summed E-state index contributed by atoms with van der Waals surface area (Å²) in [6, 6.07) is 0. The molecule has 0 aliphatic heterocycles. The second-order valence-electron chi connectivity index (χ2n) is 5.68. The Morgan fingerprint density at radius 2 is 2.06 bits per heavy atom. The molecule has 0 aromatic rings. The standard InChI is InChI=1S/C15H30N2O/c1-3-5-7-12(4-2)15(18)17-11-14-9-6-8-13(14)10-16/h12-14H,3-11,16H2,1-2H3,(H,17,18). The molecule has 0 bridgehead atoms. The van der Waals surface area contributed by atoms with Gasteiger partial charge in [-0.2, -0.15) is 0 Å². The molecule has 3 atom stereocenters. The van der Waals surface area contributed by atoms with Crippen molar-refractivity contribution in [1.29, 1.82) is 0 Å². The van der Waals surface area contributed by atoms with Crippen LogP contribution >= 0.6 is 0 Å². The predicted octanol–water partition coefficient (Wildman–Crippen LogP) is 2.69. The van der Waals surface area contributed by atoms with E-state index < -0.39 is 0 Å². The average Bonchev–Trinajstić information content (AvgIpc) is 2.84. The van der Waals surface area contributed by atoms with E-state index in [1.54, 1.807) is 0 Å². The van der Waals surface area contributed by atoms with Crippen LogP contribution in [0.15, 0.2) is 0 Å². The zero-order valence-corrected chi connectivity index (χ0v) is 12.1. The number of rotatable bonds is 8. The summed E-state index contributed by atoms with van der Waals surface area (Å²) in [5.74, 6) is 1.71. The molecule has 1 saturated carbocycles. The van der Waals surface area contributed by atoms with E-state index in [1.807, 2.05) is 0 Å². The first-order valence-electron chi connectivity index (χ1n) is 7.70. The van der Waals surface area contributed by atoms with Gasteiger partial charge in [-0.1, -0.05) is 33.1 Å². The van der Waals surface area contributed by atoms with Crippen LogP contribution in [-0.4, -0.2) is 19.0 Å². The third kappa shape index (κ3) is 4.60. The van der Waals surface area contributed by atoms with Crippen LogP contribution in [0.5, 0.6) is 0 Å². The molecular weight excluding hydrogens is 224 g/mol. The van der Waals surface area contributed by atoms with Crippen LogP contribution in [0, 0.1) is 17.8 Å². The van der Waals surface area contributed by atoms with Crippen molar-refractivity contribution in [2.24, 2.45) is 23.5 Å². The number of carbonyl (C=O) groups is 1. The maximum absolute atomic E-state index is 12.1. The van der Waals surface area contributed by atoms with Crippen molar-refractivity contribution in [2.45, 2.75) is 58.8 Å². The van der Waals surface area contributed by atoms with Gasteiger partial charge in [0.25, 0.3) is 0 Å².